The summed E-state index contributed by atoms with van der Waals surface area (Å²) in [7, 11) is 0. The van der Waals surface area contributed by atoms with Crippen LogP contribution < -0.4 is 5.73 Å². The highest BCUT2D eigenvalue weighted by molar-refractivity contribution is 4.80. The number of hydrogen-bond acceptors (Lipinski definition) is 3. The Labute approximate surface area is 94.0 Å². The molecule has 3 atom stereocenters. The minimum absolute atomic E-state index is 0.326. The summed E-state index contributed by atoms with van der Waals surface area (Å²) < 4.78 is 5.47. The molecule has 0 aromatic rings. The summed E-state index contributed by atoms with van der Waals surface area (Å²) in [5.41, 5.74) is 5.97. The lowest BCUT2D eigenvalue weighted by molar-refractivity contribution is 0.0473. The van der Waals surface area contributed by atoms with Crippen LogP contribution in [-0.4, -0.2) is 43.3 Å². The molecular formula is C12H26N2O. The third kappa shape index (κ3) is 4.09. The fraction of sp³-hybridized carbons (Fsp3) is 1.00. The van der Waals surface area contributed by atoms with Crippen LogP contribution >= 0.6 is 0 Å². The van der Waals surface area contributed by atoms with Gasteiger partial charge in [0.1, 0.15) is 0 Å². The summed E-state index contributed by atoms with van der Waals surface area (Å²) in [6, 6.07) is 0.860. The van der Waals surface area contributed by atoms with Crippen LogP contribution in [0.3, 0.4) is 0 Å². The Morgan fingerprint density at radius 2 is 2.20 bits per heavy atom. The van der Waals surface area contributed by atoms with Crippen molar-refractivity contribution in [2.45, 2.75) is 45.7 Å². The van der Waals surface area contributed by atoms with Crippen molar-refractivity contribution >= 4 is 0 Å². The molecule has 0 spiro atoms. The molecule has 1 rings (SSSR count). The minimum atomic E-state index is 0.326. The fourth-order valence-electron chi connectivity index (χ4n) is 2.26. The maximum atomic E-state index is 5.97. The van der Waals surface area contributed by atoms with Crippen LogP contribution in [0.5, 0.6) is 0 Å². The van der Waals surface area contributed by atoms with Gasteiger partial charge in [-0.25, -0.2) is 0 Å². The number of hydrogen-bond donors (Lipinski definition) is 1. The number of rotatable bonds is 5. The van der Waals surface area contributed by atoms with Crippen LogP contribution in [0.4, 0.5) is 0 Å². The van der Waals surface area contributed by atoms with Crippen LogP contribution in [0.1, 0.15) is 33.6 Å². The molecule has 0 aliphatic carbocycles. The Balaban J connectivity index is 2.34. The van der Waals surface area contributed by atoms with Crippen molar-refractivity contribution in [1.29, 1.82) is 0 Å². The first-order valence-corrected chi connectivity index (χ1v) is 6.22. The third-order valence-corrected chi connectivity index (χ3v) is 3.42. The SMILES string of the molecule is CCOCC(C)N1CCCC(C(C)N)C1. The largest absolute Gasteiger partial charge is 0.380 e. The number of likely N-dealkylation sites (tertiary alicyclic amines) is 1. The molecule has 0 amide bonds. The van der Waals surface area contributed by atoms with E-state index in [0.29, 0.717) is 18.0 Å². The number of piperidine rings is 1. The molecular weight excluding hydrogens is 188 g/mol. The Morgan fingerprint density at radius 1 is 1.47 bits per heavy atom. The lowest BCUT2D eigenvalue weighted by Gasteiger charge is -2.38. The molecule has 15 heavy (non-hydrogen) atoms. The average Bonchev–Trinajstić information content (AvgIpc) is 2.26. The quantitative estimate of drug-likeness (QED) is 0.753. The predicted molar refractivity (Wildman–Crippen MR) is 63.9 cm³/mol. The van der Waals surface area contributed by atoms with Gasteiger partial charge in [-0.2, -0.15) is 0 Å². The first-order valence-electron chi connectivity index (χ1n) is 6.22. The molecule has 0 aromatic carbocycles. The summed E-state index contributed by atoms with van der Waals surface area (Å²) >= 11 is 0. The monoisotopic (exact) mass is 214 g/mol. The summed E-state index contributed by atoms with van der Waals surface area (Å²) in [4.78, 5) is 2.52. The fourth-order valence-corrected chi connectivity index (χ4v) is 2.26. The smallest absolute Gasteiger partial charge is 0.0618 e. The minimum Gasteiger partial charge on any atom is -0.380 e. The van der Waals surface area contributed by atoms with Gasteiger partial charge in [-0.3, -0.25) is 4.90 Å². The van der Waals surface area contributed by atoms with Crippen molar-refractivity contribution in [2.24, 2.45) is 11.7 Å². The third-order valence-electron chi connectivity index (χ3n) is 3.42. The van der Waals surface area contributed by atoms with Crippen LogP contribution in [0, 0.1) is 5.92 Å². The Hall–Kier alpha value is -0.120. The van der Waals surface area contributed by atoms with E-state index in [1.165, 1.54) is 19.4 Å². The van der Waals surface area contributed by atoms with Gasteiger partial charge in [-0.05, 0) is 46.1 Å². The van der Waals surface area contributed by atoms with E-state index in [4.69, 9.17) is 10.5 Å². The maximum Gasteiger partial charge on any atom is 0.0618 e. The van der Waals surface area contributed by atoms with Gasteiger partial charge in [0.2, 0.25) is 0 Å². The van der Waals surface area contributed by atoms with Crippen molar-refractivity contribution in [3.63, 3.8) is 0 Å². The maximum absolute atomic E-state index is 5.97. The second-order valence-corrected chi connectivity index (χ2v) is 4.76. The van der Waals surface area contributed by atoms with Gasteiger partial charge in [0.15, 0.2) is 0 Å². The highest BCUT2D eigenvalue weighted by atomic mass is 16.5. The first-order chi connectivity index (χ1) is 7.15. The van der Waals surface area contributed by atoms with Gasteiger partial charge in [0.05, 0.1) is 6.61 Å². The zero-order valence-electron chi connectivity index (χ0n) is 10.4. The zero-order chi connectivity index (χ0) is 11.3. The highest BCUT2D eigenvalue weighted by Crippen LogP contribution is 2.20. The molecule has 3 unspecified atom stereocenters. The molecule has 1 heterocycles. The van der Waals surface area contributed by atoms with Gasteiger partial charge in [-0.1, -0.05) is 0 Å². The van der Waals surface area contributed by atoms with Crippen molar-refractivity contribution in [3.05, 3.63) is 0 Å². The molecule has 0 aromatic heterocycles. The van der Waals surface area contributed by atoms with Gasteiger partial charge in [0, 0.05) is 25.2 Å². The number of nitrogens with zero attached hydrogens (tertiary/aromatic N) is 1. The van der Waals surface area contributed by atoms with E-state index in [1.807, 2.05) is 6.92 Å². The van der Waals surface area contributed by atoms with Crippen molar-refractivity contribution in [3.8, 4) is 0 Å². The summed E-state index contributed by atoms with van der Waals surface area (Å²) in [6.07, 6.45) is 2.57. The molecule has 90 valence electrons. The lowest BCUT2D eigenvalue weighted by atomic mass is 9.91. The predicted octanol–water partition coefficient (Wildman–Crippen LogP) is 1.47. The lowest BCUT2D eigenvalue weighted by Crippen LogP contribution is -2.47. The van der Waals surface area contributed by atoms with E-state index in [2.05, 4.69) is 18.7 Å². The van der Waals surface area contributed by atoms with Crippen LogP contribution in [0.25, 0.3) is 0 Å². The summed E-state index contributed by atoms with van der Waals surface area (Å²) in [6.45, 7) is 10.4. The van der Waals surface area contributed by atoms with Gasteiger partial charge in [-0.15, -0.1) is 0 Å². The van der Waals surface area contributed by atoms with Gasteiger partial charge < -0.3 is 10.5 Å². The zero-order valence-corrected chi connectivity index (χ0v) is 10.4. The summed E-state index contributed by atoms with van der Waals surface area (Å²) in [5, 5.41) is 0. The van der Waals surface area contributed by atoms with Gasteiger partial charge >= 0.3 is 0 Å². The topological polar surface area (TPSA) is 38.5 Å². The molecule has 1 aliphatic heterocycles. The molecule has 1 fully saturated rings. The Morgan fingerprint density at radius 3 is 2.80 bits per heavy atom. The van der Waals surface area contributed by atoms with E-state index >= 15 is 0 Å². The van der Waals surface area contributed by atoms with E-state index < -0.39 is 0 Å². The number of ether oxygens (including phenoxy) is 1. The first kappa shape index (κ1) is 12.9. The molecule has 2 N–H and O–H groups in total. The molecule has 0 saturated carbocycles. The van der Waals surface area contributed by atoms with E-state index in [-0.39, 0.29) is 0 Å². The second kappa shape index (κ2) is 6.46. The Bertz CT molecular complexity index is 173. The molecule has 0 bridgehead atoms. The van der Waals surface area contributed by atoms with Crippen LogP contribution in [-0.2, 0) is 4.74 Å². The highest BCUT2D eigenvalue weighted by Gasteiger charge is 2.25. The molecule has 0 radical (unpaired) electrons. The van der Waals surface area contributed by atoms with E-state index in [9.17, 15) is 0 Å². The van der Waals surface area contributed by atoms with Crippen molar-refractivity contribution < 1.29 is 4.74 Å². The van der Waals surface area contributed by atoms with E-state index in [1.54, 1.807) is 0 Å². The van der Waals surface area contributed by atoms with Gasteiger partial charge in [0.25, 0.3) is 0 Å². The van der Waals surface area contributed by atoms with Crippen molar-refractivity contribution in [1.82, 2.24) is 4.90 Å². The van der Waals surface area contributed by atoms with E-state index in [0.717, 1.165) is 19.8 Å². The molecule has 1 aliphatic rings. The standard InChI is InChI=1S/C12H26N2O/c1-4-15-9-10(2)14-7-5-6-12(8-14)11(3)13/h10-12H,4-9,13H2,1-3H3. The summed E-state index contributed by atoms with van der Waals surface area (Å²) in [5.74, 6) is 0.669. The normalized spacial score (nSPS) is 27.6. The van der Waals surface area contributed by atoms with Crippen LogP contribution in [0.2, 0.25) is 0 Å². The molecule has 1 saturated heterocycles. The molecule has 3 nitrogen and oxygen atoms in total. The Kier molecular flexibility index (Phi) is 5.58. The molecule has 3 heteroatoms. The average molecular weight is 214 g/mol. The van der Waals surface area contributed by atoms with Crippen molar-refractivity contribution in [2.75, 3.05) is 26.3 Å². The van der Waals surface area contributed by atoms with Crippen LogP contribution in [0.15, 0.2) is 0 Å². The number of nitrogens with two attached hydrogens (primary N) is 1. The second-order valence-electron chi connectivity index (χ2n) is 4.76.